The highest BCUT2D eigenvalue weighted by Gasteiger charge is 2.34. The third-order valence-corrected chi connectivity index (χ3v) is 5.49. The van der Waals surface area contributed by atoms with Crippen LogP contribution in [0.4, 0.5) is 29.2 Å². The number of carbonyl (C=O) groups is 1. The number of hydrogen-bond donors (Lipinski definition) is 5. The Balaban J connectivity index is 0.00000134. The molecule has 4 rings (SSSR count). The van der Waals surface area contributed by atoms with Crippen LogP contribution in [0.5, 0.6) is 0 Å². The second kappa shape index (κ2) is 13.8. The molecule has 1 unspecified atom stereocenters. The van der Waals surface area contributed by atoms with Crippen molar-refractivity contribution in [1.29, 1.82) is 5.41 Å². The average molecular weight is 557 g/mol. The highest BCUT2D eigenvalue weighted by Crippen LogP contribution is 2.33. The van der Waals surface area contributed by atoms with E-state index in [0.717, 1.165) is 23.3 Å². The van der Waals surface area contributed by atoms with Crippen LogP contribution in [0.1, 0.15) is 29.8 Å². The molecule has 0 bridgehead atoms. The Morgan fingerprint density at radius 2 is 1.52 bits per heavy atom. The molecule has 1 atom stereocenters. The molecule has 9 nitrogen and oxygen atoms in total. The molecule has 0 aliphatic heterocycles. The molecule has 2 aromatic carbocycles. The number of anilines is 2. The quantitative estimate of drug-likeness (QED) is 0.128. The lowest BCUT2D eigenvalue weighted by atomic mass is 10.0. The Hall–Kier alpha value is -4.91. The van der Waals surface area contributed by atoms with E-state index in [9.17, 15) is 17.6 Å². The van der Waals surface area contributed by atoms with Gasteiger partial charge in [-0.2, -0.15) is 13.2 Å². The van der Waals surface area contributed by atoms with Gasteiger partial charge < -0.3 is 27.3 Å². The number of alkyl halides is 3. The number of pyridine rings is 1. The van der Waals surface area contributed by atoms with Crippen LogP contribution in [-0.2, 0) is 11.0 Å². The Labute approximate surface area is 228 Å². The number of nitrogens with one attached hydrogen (secondary N) is 2. The lowest BCUT2D eigenvalue weighted by molar-refractivity contribution is -0.141. The van der Waals surface area contributed by atoms with Crippen LogP contribution in [-0.4, -0.2) is 34.6 Å². The van der Waals surface area contributed by atoms with E-state index in [0.29, 0.717) is 17.3 Å². The summed E-state index contributed by atoms with van der Waals surface area (Å²) >= 11 is 0. The first-order valence-electron chi connectivity index (χ1n) is 11.6. The van der Waals surface area contributed by atoms with Crippen LogP contribution in [0.3, 0.4) is 0 Å². The third kappa shape index (κ3) is 7.57. The largest absolute Gasteiger partial charge is 0.434 e. The Morgan fingerprint density at radius 3 is 2.08 bits per heavy atom. The molecule has 0 aliphatic carbocycles. The minimum atomic E-state index is -4.68. The van der Waals surface area contributed by atoms with Crippen LogP contribution in [0.25, 0.3) is 22.4 Å². The first-order chi connectivity index (χ1) is 19.0. The van der Waals surface area contributed by atoms with Crippen LogP contribution in [0.15, 0.2) is 67.0 Å². The zero-order valence-corrected chi connectivity index (χ0v) is 21.6. The summed E-state index contributed by atoms with van der Waals surface area (Å²) in [4.78, 5) is 19.8. The summed E-state index contributed by atoms with van der Waals surface area (Å²) < 4.78 is 53.2. The van der Waals surface area contributed by atoms with Crippen molar-refractivity contribution in [3.8, 4) is 22.4 Å². The highest BCUT2D eigenvalue weighted by molar-refractivity contribution is 6.00. The van der Waals surface area contributed by atoms with Gasteiger partial charge in [-0.05, 0) is 55.4 Å². The van der Waals surface area contributed by atoms with Gasteiger partial charge in [-0.1, -0.05) is 24.3 Å². The summed E-state index contributed by atoms with van der Waals surface area (Å²) in [6.45, 7) is 3.82. The lowest BCUT2D eigenvalue weighted by Crippen LogP contribution is -2.14. The molecule has 0 saturated carbocycles. The van der Waals surface area contributed by atoms with Gasteiger partial charge in [0.1, 0.15) is 30.0 Å². The number of halogens is 4. The van der Waals surface area contributed by atoms with Gasteiger partial charge in [0, 0.05) is 17.3 Å². The molecule has 8 N–H and O–H groups in total. The maximum atomic E-state index is 13.4. The van der Waals surface area contributed by atoms with Gasteiger partial charge in [-0.3, -0.25) is 5.41 Å². The van der Waals surface area contributed by atoms with Gasteiger partial charge in [0.05, 0.1) is 17.8 Å². The van der Waals surface area contributed by atoms with Crippen molar-refractivity contribution in [3.63, 3.8) is 0 Å². The van der Waals surface area contributed by atoms with E-state index in [-0.39, 0.29) is 34.8 Å². The van der Waals surface area contributed by atoms with E-state index in [1.54, 1.807) is 12.3 Å². The average Bonchev–Trinajstić information content (AvgIpc) is 2.95. The summed E-state index contributed by atoms with van der Waals surface area (Å²) in [7, 11) is 1.50. The number of nitrogen functional groups attached to an aromatic ring is 2. The predicted molar refractivity (Wildman–Crippen MR) is 147 cm³/mol. The number of hydrogen-bond acceptors (Lipinski definition) is 8. The molecule has 0 fully saturated rings. The number of nitrogens with zero attached hydrogens (tertiary/aromatic N) is 3. The van der Waals surface area contributed by atoms with Crippen LogP contribution < -0.4 is 22.5 Å². The Bertz CT molecular complexity index is 1430. The van der Waals surface area contributed by atoms with Crippen molar-refractivity contribution in [3.05, 3.63) is 89.6 Å². The predicted octanol–water partition coefficient (Wildman–Crippen LogP) is 4.79. The summed E-state index contributed by atoms with van der Waals surface area (Å²) in [6, 6.07) is 13.7. The van der Waals surface area contributed by atoms with Gasteiger partial charge in [0.2, 0.25) is 0 Å². The van der Waals surface area contributed by atoms with Gasteiger partial charge in [-0.15, -0.1) is 0 Å². The van der Waals surface area contributed by atoms with Crippen LogP contribution >= 0.6 is 0 Å². The minimum Gasteiger partial charge on any atom is -0.384 e. The molecule has 0 aliphatic rings. The van der Waals surface area contributed by atoms with Crippen molar-refractivity contribution in [2.24, 2.45) is 11.5 Å². The molecule has 2 aromatic heterocycles. The molecule has 13 heteroatoms. The SMILES string of the molecule is C=O.CC(Nc1ncc(C(F)(F)F)nc1-c1ccc(F)cc1)c1ccc(-c2cnc(N)c(C(=N)N)c2)cc1.CN. The fourth-order valence-corrected chi connectivity index (χ4v) is 3.54. The molecular weight excluding hydrogens is 528 g/mol. The van der Waals surface area contributed by atoms with E-state index in [2.05, 4.69) is 26.0 Å². The standard InChI is InChI=1S/C25H21F4N7.CH5N.CH2O/c1-13(14-2-4-15(5-3-14)17-10-19(22(30)31)23(32)33-11-17)35-24-21(16-6-8-18(26)9-7-16)36-20(12-34-24)25(27,28)29;2*1-2/h2-13H,1H3,(H3,30,31)(H2,32,33)(H,34,35);2H2,1H3;1H2. The number of carbonyl (C=O) groups excluding carboxylic acids is 1. The smallest absolute Gasteiger partial charge is 0.384 e. The number of rotatable bonds is 6. The first kappa shape index (κ1) is 31.3. The Morgan fingerprint density at radius 1 is 0.950 bits per heavy atom. The molecule has 0 saturated heterocycles. The van der Waals surface area contributed by atoms with E-state index in [1.807, 2.05) is 38.0 Å². The zero-order valence-electron chi connectivity index (χ0n) is 21.6. The van der Waals surface area contributed by atoms with Crippen molar-refractivity contribution < 1.29 is 22.4 Å². The second-order valence-electron chi connectivity index (χ2n) is 8.02. The van der Waals surface area contributed by atoms with Crippen LogP contribution in [0.2, 0.25) is 0 Å². The normalized spacial score (nSPS) is 11.3. The van der Waals surface area contributed by atoms with E-state index in [4.69, 9.17) is 21.7 Å². The van der Waals surface area contributed by atoms with Gasteiger partial charge in [0.25, 0.3) is 0 Å². The molecule has 4 aromatic rings. The van der Waals surface area contributed by atoms with Gasteiger partial charge >= 0.3 is 6.18 Å². The second-order valence-corrected chi connectivity index (χ2v) is 8.02. The van der Waals surface area contributed by atoms with Crippen molar-refractivity contribution in [2.75, 3.05) is 18.1 Å². The van der Waals surface area contributed by atoms with Crippen molar-refractivity contribution in [1.82, 2.24) is 15.0 Å². The summed E-state index contributed by atoms with van der Waals surface area (Å²) in [5.74, 6) is -0.422. The fourth-order valence-electron chi connectivity index (χ4n) is 3.54. The number of aromatic nitrogens is 3. The van der Waals surface area contributed by atoms with Gasteiger partial charge in [-0.25, -0.2) is 19.3 Å². The summed E-state index contributed by atoms with van der Waals surface area (Å²) in [5.41, 5.74) is 17.6. The van der Waals surface area contributed by atoms with Crippen molar-refractivity contribution in [2.45, 2.75) is 19.1 Å². The number of benzene rings is 2. The molecule has 40 heavy (non-hydrogen) atoms. The molecular formula is C27H28F4N8O. The first-order valence-corrected chi connectivity index (χ1v) is 11.6. The third-order valence-electron chi connectivity index (χ3n) is 5.49. The molecule has 0 spiro atoms. The maximum absolute atomic E-state index is 13.4. The molecule has 0 radical (unpaired) electrons. The molecule has 2 heterocycles. The summed E-state index contributed by atoms with van der Waals surface area (Å²) in [6.07, 6.45) is -2.45. The zero-order chi connectivity index (χ0) is 30.0. The highest BCUT2D eigenvalue weighted by atomic mass is 19.4. The van der Waals surface area contributed by atoms with E-state index in [1.165, 1.54) is 19.2 Å². The fraction of sp³-hybridized carbons (Fsp3) is 0.148. The molecule has 210 valence electrons. The van der Waals surface area contributed by atoms with E-state index >= 15 is 0 Å². The molecule has 0 amide bonds. The number of nitrogens with two attached hydrogens (primary N) is 3. The number of amidine groups is 1. The van der Waals surface area contributed by atoms with Crippen LogP contribution in [0, 0.1) is 11.2 Å². The van der Waals surface area contributed by atoms with E-state index < -0.39 is 17.7 Å². The topological polar surface area (TPSA) is 170 Å². The maximum Gasteiger partial charge on any atom is 0.434 e. The van der Waals surface area contributed by atoms with Gasteiger partial charge in [0.15, 0.2) is 11.5 Å². The van der Waals surface area contributed by atoms with Crippen molar-refractivity contribution >= 4 is 24.3 Å². The monoisotopic (exact) mass is 556 g/mol. The minimum absolute atomic E-state index is 0.0435. The summed E-state index contributed by atoms with van der Waals surface area (Å²) in [5, 5.41) is 10.7. The lowest BCUT2D eigenvalue weighted by Gasteiger charge is -2.19. The Kier molecular flexibility index (Phi) is 10.8.